The van der Waals surface area contributed by atoms with Crippen molar-refractivity contribution in [3.05, 3.63) is 65.9 Å². The number of ketones is 1. The van der Waals surface area contributed by atoms with Crippen molar-refractivity contribution in [2.45, 2.75) is 33.0 Å². The Morgan fingerprint density at radius 2 is 1.58 bits per heavy atom. The van der Waals surface area contributed by atoms with Crippen LogP contribution in [0.15, 0.2) is 54.6 Å². The lowest BCUT2D eigenvalue weighted by Gasteiger charge is -2.17. The number of esters is 1. The molecule has 0 aliphatic heterocycles. The average Bonchev–Trinajstić information content (AvgIpc) is 2.97. The van der Waals surface area contributed by atoms with Gasteiger partial charge in [-0.05, 0) is 39.0 Å². The van der Waals surface area contributed by atoms with Gasteiger partial charge in [-0.25, -0.2) is 4.79 Å². The number of rotatable bonds is 6. The molecule has 0 amide bonds. The molecule has 0 radical (unpaired) electrons. The third-order valence-electron chi connectivity index (χ3n) is 4.19. The molecule has 0 aliphatic rings. The molecule has 134 valence electrons. The van der Waals surface area contributed by atoms with Gasteiger partial charge in [0.05, 0.1) is 0 Å². The van der Waals surface area contributed by atoms with Gasteiger partial charge in [0.15, 0.2) is 12.2 Å². The van der Waals surface area contributed by atoms with E-state index in [0.29, 0.717) is 11.3 Å². The van der Waals surface area contributed by atoms with Gasteiger partial charge in [0.1, 0.15) is 5.75 Å². The van der Waals surface area contributed by atoms with Gasteiger partial charge in [-0.1, -0.05) is 36.4 Å². The molecule has 0 saturated carbocycles. The van der Waals surface area contributed by atoms with E-state index >= 15 is 0 Å². The van der Waals surface area contributed by atoms with E-state index in [9.17, 15) is 9.59 Å². The van der Waals surface area contributed by atoms with E-state index in [2.05, 4.69) is 4.98 Å². The maximum atomic E-state index is 12.8. The van der Waals surface area contributed by atoms with Gasteiger partial charge in [-0.3, -0.25) is 4.79 Å². The largest absolute Gasteiger partial charge is 0.479 e. The normalized spacial score (nSPS) is 13.2. The van der Waals surface area contributed by atoms with E-state index in [0.717, 1.165) is 16.6 Å². The Labute approximate surface area is 151 Å². The summed E-state index contributed by atoms with van der Waals surface area (Å²) in [6, 6.07) is 16.6. The molecule has 2 aromatic carbocycles. The number of benzene rings is 2. The van der Waals surface area contributed by atoms with Gasteiger partial charge in [0.25, 0.3) is 0 Å². The van der Waals surface area contributed by atoms with E-state index in [1.807, 2.05) is 49.4 Å². The fourth-order valence-electron chi connectivity index (χ4n) is 2.87. The molecule has 1 N–H and O–H groups in total. The molecule has 0 unspecified atom stereocenters. The summed E-state index contributed by atoms with van der Waals surface area (Å²) in [5.41, 5.74) is 2.19. The molecule has 0 bridgehead atoms. The third-order valence-corrected chi connectivity index (χ3v) is 4.19. The molecular formula is C21H21NO4. The molecular weight excluding hydrogens is 330 g/mol. The first-order valence-electron chi connectivity index (χ1n) is 8.51. The summed E-state index contributed by atoms with van der Waals surface area (Å²) < 4.78 is 10.9. The summed E-state index contributed by atoms with van der Waals surface area (Å²) in [6.45, 7) is 5.02. The SMILES string of the molecule is Cc1[nH]c2ccccc2c1C(=O)[C@H](C)OC(=O)[C@H](C)Oc1ccccc1. The number of carbonyl (C=O) groups is 2. The number of para-hydroxylation sites is 2. The van der Waals surface area contributed by atoms with Crippen LogP contribution in [0.2, 0.25) is 0 Å². The zero-order valence-electron chi connectivity index (χ0n) is 15.0. The van der Waals surface area contributed by atoms with Gasteiger partial charge in [-0.15, -0.1) is 0 Å². The van der Waals surface area contributed by atoms with Gasteiger partial charge in [0.2, 0.25) is 5.78 Å². The van der Waals surface area contributed by atoms with Crippen molar-refractivity contribution in [3.8, 4) is 5.75 Å². The Hall–Kier alpha value is -3.08. The van der Waals surface area contributed by atoms with Crippen molar-refractivity contribution >= 4 is 22.7 Å². The van der Waals surface area contributed by atoms with Crippen LogP contribution in [0.4, 0.5) is 0 Å². The maximum absolute atomic E-state index is 12.8. The number of aromatic amines is 1. The summed E-state index contributed by atoms with van der Waals surface area (Å²) in [6.07, 6.45) is -1.71. The number of Topliss-reactive ketones (excluding diaryl/α,β-unsaturated/α-hetero) is 1. The Bertz CT molecular complexity index is 930. The summed E-state index contributed by atoms with van der Waals surface area (Å²) in [7, 11) is 0. The number of fused-ring (bicyclic) bond motifs is 1. The van der Waals surface area contributed by atoms with E-state index in [-0.39, 0.29) is 5.78 Å². The van der Waals surface area contributed by atoms with Crippen molar-refractivity contribution in [2.75, 3.05) is 0 Å². The fourth-order valence-corrected chi connectivity index (χ4v) is 2.87. The topological polar surface area (TPSA) is 68.4 Å². The monoisotopic (exact) mass is 351 g/mol. The molecule has 0 spiro atoms. The van der Waals surface area contributed by atoms with Gasteiger partial charge in [-0.2, -0.15) is 0 Å². The number of nitrogens with one attached hydrogen (secondary N) is 1. The molecule has 0 aliphatic carbocycles. The van der Waals surface area contributed by atoms with E-state index in [1.165, 1.54) is 0 Å². The lowest BCUT2D eigenvalue weighted by atomic mass is 10.0. The highest BCUT2D eigenvalue weighted by molar-refractivity contribution is 6.11. The molecule has 2 atom stereocenters. The number of H-pyrrole nitrogens is 1. The van der Waals surface area contributed by atoms with Crippen LogP contribution in [0, 0.1) is 6.92 Å². The minimum Gasteiger partial charge on any atom is -0.479 e. The number of ether oxygens (including phenoxy) is 2. The highest BCUT2D eigenvalue weighted by atomic mass is 16.6. The molecule has 3 rings (SSSR count). The smallest absolute Gasteiger partial charge is 0.347 e. The Kier molecular flexibility index (Phi) is 5.07. The molecule has 26 heavy (non-hydrogen) atoms. The molecule has 5 heteroatoms. The average molecular weight is 351 g/mol. The van der Waals surface area contributed by atoms with Crippen molar-refractivity contribution < 1.29 is 19.1 Å². The molecule has 1 aromatic heterocycles. The second-order valence-corrected chi connectivity index (χ2v) is 6.19. The van der Waals surface area contributed by atoms with Crippen LogP contribution in [0.1, 0.15) is 29.9 Å². The Balaban J connectivity index is 1.70. The Morgan fingerprint density at radius 1 is 0.923 bits per heavy atom. The van der Waals surface area contributed by atoms with Crippen molar-refractivity contribution in [3.63, 3.8) is 0 Å². The molecule has 3 aromatic rings. The van der Waals surface area contributed by atoms with Gasteiger partial charge in [0, 0.05) is 22.2 Å². The van der Waals surface area contributed by atoms with E-state index < -0.39 is 18.2 Å². The second-order valence-electron chi connectivity index (χ2n) is 6.19. The second kappa shape index (κ2) is 7.44. The van der Waals surface area contributed by atoms with E-state index in [4.69, 9.17) is 9.47 Å². The van der Waals surface area contributed by atoms with Crippen LogP contribution in [0.25, 0.3) is 10.9 Å². The van der Waals surface area contributed by atoms with Crippen molar-refractivity contribution in [1.29, 1.82) is 0 Å². The predicted molar refractivity (Wildman–Crippen MR) is 99.5 cm³/mol. The lowest BCUT2D eigenvalue weighted by Crippen LogP contribution is -2.32. The lowest BCUT2D eigenvalue weighted by molar-refractivity contribution is -0.153. The number of carbonyl (C=O) groups excluding carboxylic acids is 2. The van der Waals surface area contributed by atoms with Gasteiger partial charge >= 0.3 is 5.97 Å². The summed E-state index contributed by atoms with van der Waals surface area (Å²) in [4.78, 5) is 28.3. The minimum atomic E-state index is -0.901. The zero-order valence-corrected chi connectivity index (χ0v) is 15.0. The summed E-state index contributed by atoms with van der Waals surface area (Å²) in [5.74, 6) is -0.240. The minimum absolute atomic E-state index is 0.236. The molecule has 0 fully saturated rings. The van der Waals surface area contributed by atoms with Crippen molar-refractivity contribution in [2.24, 2.45) is 0 Å². The van der Waals surface area contributed by atoms with Crippen LogP contribution >= 0.6 is 0 Å². The number of hydrogen-bond donors (Lipinski definition) is 1. The van der Waals surface area contributed by atoms with Crippen LogP contribution in [0.3, 0.4) is 0 Å². The first-order valence-corrected chi connectivity index (χ1v) is 8.51. The summed E-state index contributed by atoms with van der Waals surface area (Å²) >= 11 is 0. The van der Waals surface area contributed by atoms with Crippen LogP contribution < -0.4 is 4.74 Å². The van der Waals surface area contributed by atoms with Crippen LogP contribution in [-0.4, -0.2) is 28.9 Å². The predicted octanol–water partition coefficient (Wildman–Crippen LogP) is 4.06. The third kappa shape index (κ3) is 3.61. The maximum Gasteiger partial charge on any atom is 0.347 e. The fraction of sp³-hybridized carbons (Fsp3) is 0.238. The molecule has 0 saturated heterocycles. The highest BCUT2D eigenvalue weighted by Gasteiger charge is 2.27. The number of aryl methyl sites for hydroxylation is 1. The zero-order chi connectivity index (χ0) is 18.7. The highest BCUT2D eigenvalue weighted by Crippen LogP contribution is 2.24. The molecule has 5 nitrogen and oxygen atoms in total. The van der Waals surface area contributed by atoms with Gasteiger partial charge < -0.3 is 14.5 Å². The first kappa shape index (κ1) is 17.7. The van der Waals surface area contributed by atoms with Crippen LogP contribution in [0.5, 0.6) is 5.75 Å². The quantitative estimate of drug-likeness (QED) is 0.537. The van der Waals surface area contributed by atoms with Crippen molar-refractivity contribution in [1.82, 2.24) is 4.98 Å². The van der Waals surface area contributed by atoms with Crippen LogP contribution in [-0.2, 0) is 9.53 Å². The molecule has 1 heterocycles. The van der Waals surface area contributed by atoms with E-state index in [1.54, 1.807) is 26.0 Å². The first-order chi connectivity index (χ1) is 12.5. The standard InChI is InChI=1S/C21H21NO4/c1-13-19(17-11-7-8-12-18(17)22-13)20(23)14(2)26-21(24)15(3)25-16-9-5-4-6-10-16/h4-12,14-15,22H,1-3H3/t14-,15-/m0/s1. The summed E-state index contributed by atoms with van der Waals surface area (Å²) in [5, 5.41) is 0.825. The number of hydrogen-bond acceptors (Lipinski definition) is 4. The number of aromatic nitrogens is 1. The Morgan fingerprint density at radius 3 is 2.31 bits per heavy atom.